The maximum Gasteiger partial charge on any atom is 0.449 e. The van der Waals surface area contributed by atoms with Crippen molar-refractivity contribution in [3.8, 4) is 0 Å². The number of fused-ring (bicyclic) bond motifs is 12. The quantitative estimate of drug-likeness (QED) is 0.319. The SMILES string of the molecule is C[Si](C)(C)C.OC1(C(F)(F)F)OCC2C3CC(C4C5CCC(C5)C34)C2C1(F)F. The highest BCUT2D eigenvalue weighted by Crippen LogP contribution is 2.74. The van der Waals surface area contributed by atoms with Gasteiger partial charge in [-0.1, -0.05) is 26.2 Å². The maximum atomic E-state index is 14.8. The average molecular weight is 427 g/mol. The summed E-state index contributed by atoms with van der Waals surface area (Å²) in [6.45, 7) is 8.90. The summed E-state index contributed by atoms with van der Waals surface area (Å²) in [5.74, 6) is -9.38. The van der Waals surface area contributed by atoms with Gasteiger partial charge >= 0.3 is 17.9 Å². The maximum absolute atomic E-state index is 14.8. The van der Waals surface area contributed by atoms with Crippen molar-refractivity contribution in [2.45, 2.75) is 69.8 Å². The van der Waals surface area contributed by atoms with E-state index in [1.54, 1.807) is 0 Å². The highest BCUT2D eigenvalue weighted by molar-refractivity contribution is 6.74. The first-order valence-corrected chi connectivity index (χ1v) is 14.5. The largest absolute Gasteiger partial charge is 0.449 e. The second-order valence-electron chi connectivity index (χ2n) is 11.3. The van der Waals surface area contributed by atoms with Crippen molar-refractivity contribution in [1.29, 1.82) is 0 Å². The van der Waals surface area contributed by atoms with Crippen molar-refractivity contribution in [3.05, 3.63) is 0 Å². The number of ether oxygens (including phenoxy) is 1. The molecule has 0 spiro atoms. The minimum absolute atomic E-state index is 0.0500. The fourth-order valence-corrected chi connectivity index (χ4v) is 7.28. The Balaban J connectivity index is 0.000000346. The number of alkyl halides is 5. The van der Waals surface area contributed by atoms with Crippen molar-refractivity contribution < 1.29 is 31.8 Å². The predicted molar refractivity (Wildman–Crippen MR) is 97.5 cm³/mol. The van der Waals surface area contributed by atoms with Crippen LogP contribution in [0.5, 0.6) is 0 Å². The van der Waals surface area contributed by atoms with E-state index in [0.717, 1.165) is 19.3 Å². The van der Waals surface area contributed by atoms with Crippen LogP contribution in [0.15, 0.2) is 0 Å². The molecule has 1 N–H and O–H groups in total. The first-order valence-electron chi connectivity index (χ1n) is 10.5. The number of halogens is 5. The fraction of sp³-hybridized carbons (Fsp3) is 1.00. The van der Waals surface area contributed by atoms with Gasteiger partial charge in [0.1, 0.15) is 0 Å². The van der Waals surface area contributed by atoms with Crippen LogP contribution in [0.25, 0.3) is 0 Å². The molecule has 0 aromatic carbocycles. The van der Waals surface area contributed by atoms with Crippen LogP contribution in [0.3, 0.4) is 0 Å². The molecule has 5 rings (SSSR count). The molecule has 0 aromatic rings. The monoisotopic (exact) mass is 426 g/mol. The van der Waals surface area contributed by atoms with Crippen LogP contribution in [0.4, 0.5) is 22.0 Å². The normalized spacial score (nSPS) is 50.8. The predicted octanol–water partition coefficient (Wildman–Crippen LogP) is 5.40. The molecule has 4 saturated carbocycles. The molecule has 1 heterocycles. The molecule has 1 aliphatic heterocycles. The Morgan fingerprint density at radius 1 is 0.893 bits per heavy atom. The second-order valence-corrected chi connectivity index (χ2v) is 17.3. The van der Waals surface area contributed by atoms with E-state index in [1.807, 2.05) is 0 Å². The molecule has 162 valence electrons. The lowest BCUT2D eigenvalue weighted by atomic mass is 9.60. The molecule has 4 aliphatic carbocycles. The van der Waals surface area contributed by atoms with Crippen LogP contribution >= 0.6 is 0 Å². The van der Waals surface area contributed by atoms with Crippen molar-refractivity contribution >= 4 is 8.07 Å². The van der Waals surface area contributed by atoms with E-state index in [4.69, 9.17) is 0 Å². The van der Waals surface area contributed by atoms with Gasteiger partial charge in [0.2, 0.25) is 0 Å². The average Bonchev–Trinajstić information content (AvgIpc) is 3.24. The van der Waals surface area contributed by atoms with Gasteiger partial charge < -0.3 is 9.84 Å². The second kappa shape index (κ2) is 6.16. The van der Waals surface area contributed by atoms with Gasteiger partial charge in [0.15, 0.2) is 0 Å². The third kappa shape index (κ3) is 2.83. The molecule has 9 unspecified atom stereocenters. The molecule has 5 fully saturated rings. The third-order valence-corrected chi connectivity index (χ3v) is 7.79. The van der Waals surface area contributed by atoms with E-state index >= 15 is 0 Å². The molecule has 0 aromatic heterocycles. The summed E-state index contributed by atoms with van der Waals surface area (Å²) < 4.78 is 73.2. The first kappa shape index (κ1) is 21.0. The molecule has 1 saturated heterocycles. The smallest absolute Gasteiger partial charge is 0.354 e. The lowest BCUT2D eigenvalue weighted by molar-refractivity contribution is -0.463. The van der Waals surface area contributed by atoms with Crippen LogP contribution in [-0.4, -0.2) is 37.7 Å². The van der Waals surface area contributed by atoms with Gasteiger partial charge in [-0.2, -0.15) is 22.0 Å². The Morgan fingerprint density at radius 2 is 1.39 bits per heavy atom. The first-order chi connectivity index (χ1) is 12.7. The number of hydrogen-bond acceptors (Lipinski definition) is 2. The minimum Gasteiger partial charge on any atom is -0.354 e. The van der Waals surface area contributed by atoms with E-state index in [2.05, 4.69) is 30.9 Å². The van der Waals surface area contributed by atoms with Crippen molar-refractivity contribution in [2.75, 3.05) is 6.61 Å². The van der Waals surface area contributed by atoms with Crippen molar-refractivity contribution in [1.82, 2.24) is 0 Å². The van der Waals surface area contributed by atoms with Crippen LogP contribution in [0.2, 0.25) is 26.2 Å². The topological polar surface area (TPSA) is 29.5 Å². The summed E-state index contributed by atoms with van der Waals surface area (Å²) in [5.41, 5.74) is 0. The molecule has 0 radical (unpaired) electrons. The molecule has 28 heavy (non-hydrogen) atoms. The van der Waals surface area contributed by atoms with Gasteiger partial charge in [-0.05, 0) is 67.1 Å². The Morgan fingerprint density at radius 3 is 1.89 bits per heavy atom. The van der Waals surface area contributed by atoms with Crippen LogP contribution in [0.1, 0.15) is 25.7 Å². The third-order valence-electron chi connectivity index (χ3n) is 7.79. The van der Waals surface area contributed by atoms with Gasteiger partial charge in [-0.15, -0.1) is 0 Å². The van der Waals surface area contributed by atoms with Gasteiger partial charge in [0.05, 0.1) is 6.61 Å². The zero-order chi connectivity index (χ0) is 20.9. The van der Waals surface area contributed by atoms with Gasteiger partial charge in [0, 0.05) is 14.0 Å². The van der Waals surface area contributed by atoms with E-state index in [-0.39, 0.29) is 11.8 Å². The van der Waals surface area contributed by atoms with Gasteiger partial charge in [-0.3, -0.25) is 0 Å². The zero-order valence-corrected chi connectivity index (χ0v) is 17.9. The molecular formula is C20H31F5O2Si. The minimum atomic E-state index is -5.49. The highest BCUT2D eigenvalue weighted by atomic mass is 28.3. The number of hydrogen-bond donors (Lipinski definition) is 1. The zero-order valence-electron chi connectivity index (χ0n) is 16.9. The fourth-order valence-electron chi connectivity index (χ4n) is 7.28. The van der Waals surface area contributed by atoms with E-state index in [1.165, 1.54) is 0 Å². The van der Waals surface area contributed by atoms with Crippen molar-refractivity contribution in [3.63, 3.8) is 0 Å². The standard InChI is InChI=1S/C16H19F5O2.C4H12Si/c17-14(18)13-9-4-8(11-6-1-2-7(3-6)12(9)11)10(13)5-23-15(14,22)16(19,20)21;1-5(2,3)4/h6-13,22H,1-5H2;1-4H3. The molecule has 0 amide bonds. The molecule has 4 bridgehead atoms. The Hall–Kier alpha value is -0.213. The number of aliphatic hydroxyl groups is 1. The summed E-state index contributed by atoms with van der Waals surface area (Å²) in [4.78, 5) is 0. The van der Waals surface area contributed by atoms with Gasteiger partial charge in [-0.25, -0.2) is 0 Å². The molecule has 5 aliphatic rings. The van der Waals surface area contributed by atoms with Crippen LogP contribution in [0, 0.1) is 47.3 Å². The Kier molecular flexibility index (Phi) is 4.63. The van der Waals surface area contributed by atoms with E-state index in [0.29, 0.717) is 24.2 Å². The summed E-state index contributed by atoms with van der Waals surface area (Å²) in [6, 6.07) is 0. The lowest BCUT2D eigenvalue weighted by Crippen LogP contribution is -2.69. The van der Waals surface area contributed by atoms with Crippen molar-refractivity contribution in [2.24, 2.45) is 47.3 Å². The summed E-state index contributed by atoms with van der Waals surface area (Å²) in [6.07, 6.45) is -1.69. The van der Waals surface area contributed by atoms with Crippen LogP contribution < -0.4 is 0 Å². The molecular weight excluding hydrogens is 395 g/mol. The van der Waals surface area contributed by atoms with Gasteiger partial charge in [0.25, 0.3) is 0 Å². The summed E-state index contributed by atoms with van der Waals surface area (Å²) in [7, 11) is -0.611. The van der Waals surface area contributed by atoms with E-state index < -0.39 is 50.3 Å². The summed E-state index contributed by atoms with van der Waals surface area (Å²) in [5, 5.41) is 9.69. The Bertz CT molecular complexity index is 627. The Labute approximate surface area is 164 Å². The van der Waals surface area contributed by atoms with Crippen LogP contribution in [-0.2, 0) is 4.74 Å². The highest BCUT2D eigenvalue weighted by Gasteiger charge is 2.81. The molecule has 9 atom stereocenters. The summed E-state index contributed by atoms with van der Waals surface area (Å²) >= 11 is 0. The number of rotatable bonds is 0. The van der Waals surface area contributed by atoms with E-state index in [9.17, 15) is 27.1 Å². The molecule has 2 nitrogen and oxygen atoms in total. The lowest BCUT2D eigenvalue weighted by Gasteiger charge is -2.52. The molecule has 8 heteroatoms.